The van der Waals surface area contributed by atoms with Crippen LogP contribution < -0.4 is 4.74 Å². The summed E-state index contributed by atoms with van der Waals surface area (Å²) in [4.78, 5) is 0. The van der Waals surface area contributed by atoms with Gasteiger partial charge in [0.05, 0.1) is 12.1 Å². The van der Waals surface area contributed by atoms with E-state index in [1.165, 1.54) is 18.2 Å². The maximum Gasteiger partial charge on any atom is 0.515 e. The van der Waals surface area contributed by atoms with Crippen LogP contribution in [0.15, 0.2) is 22.7 Å². The van der Waals surface area contributed by atoms with Crippen molar-refractivity contribution in [1.82, 2.24) is 0 Å². The molecule has 0 aliphatic carbocycles. The summed E-state index contributed by atoms with van der Waals surface area (Å²) in [6, 6.07) is 6.00. The zero-order chi connectivity index (χ0) is 11.5. The minimum absolute atomic E-state index is 0.0556. The van der Waals surface area contributed by atoms with Gasteiger partial charge in [0, 0.05) is 4.47 Å². The second-order valence-corrected chi connectivity index (χ2v) is 3.69. The molecule has 2 nitrogen and oxygen atoms in total. The molecule has 0 aliphatic heterocycles. The highest BCUT2D eigenvalue weighted by molar-refractivity contribution is 9.10. The maximum atomic E-state index is 11.9. The van der Waals surface area contributed by atoms with Crippen LogP contribution in [-0.2, 0) is 0 Å². The lowest BCUT2D eigenvalue weighted by Crippen LogP contribution is -2.26. The SMILES string of the molecule is N#Cc1cc(Br)ccc1OC[B-](F)(F)F. The van der Waals surface area contributed by atoms with Crippen molar-refractivity contribution in [2.24, 2.45) is 0 Å². The van der Waals surface area contributed by atoms with Gasteiger partial charge in [-0.15, -0.1) is 0 Å². The fourth-order valence-corrected chi connectivity index (χ4v) is 1.26. The fraction of sp³-hybridized carbons (Fsp3) is 0.125. The van der Waals surface area contributed by atoms with Crippen LogP contribution in [0.2, 0.25) is 0 Å². The summed E-state index contributed by atoms with van der Waals surface area (Å²) >= 11 is 3.10. The number of hydrogen-bond acceptors (Lipinski definition) is 2. The summed E-state index contributed by atoms with van der Waals surface area (Å²) < 4.78 is 40.8. The van der Waals surface area contributed by atoms with Gasteiger partial charge in [-0.3, -0.25) is 0 Å². The van der Waals surface area contributed by atoms with Crippen LogP contribution in [0.5, 0.6) is 5.75 Å². The van der Waals surface area contributed by atoms with Crippen molar-refractivity contribution in [3.05, 3.63) is 28.2 Å². The van der Waals surface area contributed by atoms with Crippen LogP contribution >= 0.6 is 15.9 Å². The van der Waals surface area contributed by atoms with Crippen LogP contribution in [-0.4, -0.2) is 13.5 Å². The predicted molar refractivity (Wildman–Crippen MR) is 53.4 cm³/mol. The van der Waals surface area contributed by atoms with E-state index in [1.807, 2.05) is 0 Å². The highest BCUT2D eigenvalue weighted by atomic mass is 79.9. The first-order chi connectivity index (χ1) is 6.92. The predicted octanol–water partition coefficient (Wildman–Crippen LogP) is 3.09. The van der Waals surface area contributed by atoms with E-state index in [9.17, 15) is 12.9 Å². The lowest BCUT2D eigenvalue weighted by atomic mass is 9.95. The molecule has 80 valence electrons. The first-order valence-electron chi connectivity index (χ1n) is 3.96. The van der Waals surface area contributed by atoms with E-state index >= 15 is 0 Å². The molecule has 0 saturated carbocycles. The molecule has 0 unspecified atom stereocenters. The summed E-state index contributed by atoms with van der Waals surface area (Å²) in [5.41, 5.74) is 0.0735. The monoisotopic (exact) mass is 278 g/mol. The van der Waals surface area contributed by atoms with Crippen molar-refractivity contribution in [3.8, 4) is 11.8 Å². The van der Waals surface area contributed by atoms with Crippen molar-refractivity contribution in [3.63, 3.8) is 0 Å². The average molecular weight is 279 g/mol. The van der Waals surface area contributed by atoms with Crippen LogP contribution in [0.4, 0.5) is 12.9 Å². The van der Waals surface area contributed by atoms with Crippen molar-refractivity contribution < 1.29 is 17.7 Å². The van der Waals surface area contributed by atoms with Gasteiger partial charge in [-0.25, -0.2) is 0 Å². The van der Waals surface area contributed by atoms with Gasteiger partial charge in [0.2, 0.25) is 0 Å². The van der Waals surface area contributed by atoms with Crippen molar-refractivity contribution >= 4 is 22.9 Å². The molecule has 0 spiro atoms. The van der Waals surface area contributed by atoms with Gasteiger partial charge in [-0.2, -0.15) is 5.26 Å². The second-order valence-electron chi connectivity index (χ2n) is 2.77. The van der Waals surface area contributed by atoms with E-state index in [1.54, 1.807) is 6.07 Å². The molecule has 1 rings (SSSR count). The molecule has 7 heteroatoms. The van der Waals surface area contributed by atoms with Gasteiger partial charge in [-0.1, -0.05) is 15.9 Å². The van der Waals surface area contributed by atoms with Crippen LogP contribution in [0.1, 0.15) is 5.56 Å². The molecule has 0 fully saturated rings. The van der Waals surface area contributed by atoms with Crippen LogP contribution in [0.3, 0.4) is 0 Å². The standard InChI is InChI=1S/C8H5BBrF3NO/c10-7-1-2-8(6(3-7)4-14)15-5-9(11,12)13/h1-3H,5H2/q-1. The van der Waals surface area contributed by atoms with Crippen molar-refractivity contribution in [2.45, 2.75) is 0 Å². The molecule has 1 aromatic rings. The lowest BCUT2D eigenvalue weighted by Gasteiger charge is -2.15. The molecule has 15 heavy (non-hydrogen) atoms. The van der Waals surface area contributed by atoms with E-state index in [4.69, 9.17) is 5.26 Å². The first-order valence-corrected chi connectivity index (χ1v) is 4.75. The minimum Gasteiger partial charge on any atom is -0.520 e. The molecule has 0 N–H and O–H groups in total. The molecule has 0 bridgehead atoms. The summed E-state index contributed by atoms with van der Waals surface area (Å²) in [5.74, 6) is -0.0556. The molecule has 0 radical (unpaired) electrons. The number of ether oxygens (including phenoxy) is 1. The Morgan fingerprint density at radius 2 is 2.07 bits per heavy atom. The summed E-state index contributed by atoms with van der Waals surface area (Å²) in [5, 5.41) is 8.65. The van der Waals surface area contributed by atoms with Gasteiger partial charge in [-0.05, 0) is 18.2 Å². The Morgan fingerprint density at radius 1 is 1.40 bits per heavy atom. The van der Waals surface area contributed by atoms with E-state index in [2.05, 4.69) is 20.7 Å². The molecule has 0 aliphatic rings. The van der Waals surface area contributed by atoms with Gasteiger partial charge in [0.1, 0.15) is 11.8 Å². The molecular weight excluding hydrogens is 274 g/mol. The lowest BCUT2D eigenvalue weighted by molar-refractivity contribution is 0.312. The molecular formula is C8H5BBrF3NO-. The highest BCUT2D eigenvalue weighted by Gasteiger charge is 2.24. The molecule has 0 amide bonds. The summed E-state index contributed by atoms with van der Waals surface area (Å²) in [6.07, 6.45) is 0. The van der Waals surface area contributed by atoms with Gasteiger partial charge in [0.25, 0.3) is 0 Å². The Bertz CT molecular complexity index is 402. The Hall–Kier alpha value is -1.16. The number of halogens is 4. The van der Waals surface area contributed by atoms with Crippen LogP contribution in [0.25, 0.3) is 0 Å². The van der Waals surface area contributed by atoms with Crippen molar-refractivity contribution in [2.75, 3.05) is 6.51 Å². The van der Waals surface area contributed by atoms with E-state index in [0.29, 0.717) is 4.47 Å². The topological polar surface area (TPSA) is 33.0 Å². The Balaban J connectivity index is 2.82. The van der Waals surface area contributed by atoms with Gasteiger partial charge in [0.15, 0.2) is 0 Å². The first kappa shape index (κ1) is 11.9. The third-order valence-corrected chi connectivity index (χ3v) is 1.98. The number of nitriles is 1. The molecule has 0 heterocycles. The summed E-state index contributed by atoms with van der Waals surface area (Å²) in [7, 11) is 0. The Labute approximate surface area is 92.8 Å². The molecule has 1 aromatic carbocycles. The quantitative estimate of drug-likeness (QED) is 0.796. The third kappa shape index (κ3) is 3.84. The third-order valence-electron chi connectivity index (χ3n) is 1.49. The van der Waals surface area contributed by atoms with E-state index < -0.39 is 13.5 Å². The molecule has 0 saturated heterocycles. The Kier molecular flexibility index (Phi) is 3.64. The number of nitrogens with zero attached hydrogens (tertiary/aromatic N) is 1. The van der Waals surface area contributed by atoms with Gasteiger partial charge < -0.3 is 17.7 Å². The number of rotatable bonds is 3. The molecule has 0 atom stereocenters. The van der Waals surface area contributed by atoms with E-state index in [0.717, 1.165) is 0 Å². The zero-order valence-electron chi connectivity index (χ0n) is 7.38. The van der Waals surface area contributed by atoms with Crippen molar-refractivity contribution in [1.29, 1.82) is 5.26 Å². The summed E-state index contributed by atoms with van der Waals surface area (Å²) in [6.45, 7) is -6.34. The number of hydrogen-bond donors (Lipinski definition) is 0. The zero-order valence-corrected chi connectivity index (χ0v) is 8.97. The van der Waals surface area contributed by atoms with E-state index in [-0.39, 0.29) is 11.3 Å². The molecule has 0 aromatic heterocycles. The van der Waals surface area contributed by atoms with Gasteiger partial charge >= 0.3 is 6.98 Å². The average Bonchev–Trinajstić information content (AvgIpc) is 2.14. The maximum absolute atomic E-state index is 11.9. The highest BCUT2D eigenvalue weighted by Crippen LogP contribution is 2.23. The largest absolute Gasteiger partial charge is 0.520 e. The number of benzene rings is 1. The second kappa shape index (κ2) is 4.58. The normalized spacial score (nSPS) is 10.9. The Morgan fingerprint density at radius 3 is 2.60 bits per heavy atom. The smallest absolute Gasteiger partial charge is 0.515 e. The fourth-order valence-electron chi connectivity index (χ4n) is 0.900. The van der Waals surface area contributed by atoms with Crippen LogP contribution in [0, 0.1) is 11.3 Å². The minimum atomic E-state index is -5.00.